The largest absolute Gasteiger partial charge is 0.354 e. The number of carbonyl (C=O) groups is 1. The Morgan fingerprint density at radius 2 is 1.80 bits per heavy atom. The van der Waals surface area contributed by atoms with Gasteiger partial charge in [0.1, 0.15) is 22.7 Å². The van der Waals surface area contributed by atoms with E-state index in [1.807, 2.05) is 18.2 Å². The highest BCUT2D eigenvalue weighted by molar-refractivity contribution is 5.98. The Hall–Kier alpha value is -4.59. The van der Waals surface area contributed by atoms with Crippen molar-refractivity contribution < 1.29 is 9.32 Å². The van der Waals surface area contributed by atoms with E-state index < -0.39 is 0 Å². The smallest absolute Gasteiger partial charge is 0.263 e. The van der Waals surface area contributed by atoms with Gasteiger partial charge in [0.05, 0.1) is 0 Å². The topological polar surface area (TPSA) is 88.3 Å². The van der Waals surface area contributed by atoms with Crippen LogP contribution < -0.4 is 4.90 Å². The predicted molar refractivity (Wildman–Crippen MR) is 158 cm³/mol. The zero-order chi connectivity index (χ0) is 27.8. The molecule has 2 aromatic carbocycles. The lowest BCUT2D eigenvalue weighted by atomic mass is 10.1. The quantitative estimate of drug-likeness (QED) is 0.282. The van der Waals surface area contributed by atoms with Crippen molar-refractivity contribution in [1.82, 2.24) is 25.0 Å². The Kier molecular flexibility index (Phi) is 6.66. The summed E-state index contributed by atoms with van der Waals surface area (Å²) in [6, 6.07) is 22.7. The number of pyridine rings is 1. The Bertz CT molecular complexity index is 1670. The summed E-state index contributed by atoms with van der Waals surface area (Å²) in [5.74, 6) is 2.19. The van der Waals surface area contributed by atoms with E-state index in [4.69, 9.17) is 14.5 Å². The number of benzene rings is 2. The summed E-state index contributed by atoms with van der Waals surface area (Å²) in [7, 11) is 0. The molecule has 3 aromatic heterocycles. The van der Waals surface area contributed by atoms with Gasteiger partial charge >= 0.3 is 0 Å². The first kappa shape index (κ1) is 25.4. The molecule has 1 saturated heterocycles. The maximum absolute atomic E-state index is 13.5. The fourth-order valence-electron chi connectivity index (χ4n) is 5.90. The molecular formula is C33H32N6O2. The predicted octanol–water partition coefficient (Wildman–Crippen LogP) is 5.42. The molecule has 1 aliphatic carbocycles. The molecule has 2 aliphatic rings. The average molecular weight is 545 g/mol. The van der Waals surface area contributed by atoms with Crippen LogP contribution in [0.5, 0.6) is 0 Å². The number of aryl methyl sites for hydroxylation is 1. The molecule has 8 nitrogen and oxygen atoms in total. The van der Waals surface area contributed by atoms with Crippen molar-refractivity contribution in [2.45, 2.75) is 32.1 Å². The van der Waals surface area contributed by atoms with Crippen LogP contribution in [-0.2, 0) is 11.2 Å². The van der Waals surface area contributed by atoms with Crippen LogP contribution in [0.15, 0.2) is 83.6 Å². The van der Waals surface area contributed by atoms with Crippen molar-refractivity contribution in [1.29, 1.82) is 0 Å². The van der Waals surface area contributed by atoms with Crippen molar-refractivity contribution in [3.8, 4) is 11.3 Å². The van der Waals surface area contributed by atoms with Gasteiger partial charge in [0.15, 0.2) is 0 Å². The van der Waals surface area contributed by atoms with Crippen molar-refractivity contribution in [2.24, 2.45) is 5.92 Å². The first-order chi connectivity index (χ1) is 20.1. The zero-order valence-corrected chi connectivity index (χ0v) is 23.1. The van der Waals surface area contributed by atoms with Gasteiger partial charge in [-0.25, -0.2) is 4.98 Å². The molecule has 0 radical (unpaired) electrons. The van der Waals surface area contributed by atoms with Crippen LogP contribution in [0.3, 0.4) is 0 Å². The van der Waals surface area contributed by atoms with E-state index in [1.165, 1.54) is 11.1 Å². The average Bonchev–Trinajstić information content (AvgIpc) is 3.76. The first-order valence-corrected chi connectivity index (χ1v) is 14.3. The summed E-state index contributed by atoms with van der Waals surface area (Å²) in [6.07, 6.45) is 5.91. The summed E-state index contributed by atoms with van der Waals surface area (Å²) < 4.78 is 5.80. The van der Waals surface area contributed by atoms with Crippen molar-refractivity contribution in [2.75, 3.05) is 31.1 Å². The molecule has 1 saturated carbocycles. The molecule has 2 atom stereocenters. The molecule has 8 heteroatoms. The van der Waals surface area contributed by atoms with E-state index in [1.54, 1.807) is 12.4 Å². The zero-order valence-electron chi connectivity index (χ0n) is 23.1. The van der Waals surface area contributed by atoms with Crippen LogP contribution >= 0.6 is 0 Å². The second-order valence-corrected chi connectivity index (χ2v) is 11.1. The van der Waals surface area contributed by atoms with Crippen LogP contribution in [0.2, 0.25) is 0 Å². The number of fused-ring (bicyclic) bond motifs is 1. The molecule has 0 N–H and O–H groups in total. The minimum Gasteiger partial charge on any atom is -0.354 e. The van der Waals surface area contributed by atoms with Crippen molar-refractivity contribution in [3.05, 3.63) is 102 Å². The van der Waals surface area contributed by atoms with Gasteiger partial charge in [-0.1, -0.05) is 65.3 Å². The van der Waals surface area contributed by atoms with Gasteiger partial charge < -0.3 is 14.3 Å². The number of amides is 1. The van der Waals surface area contributed by atoms with E-state index in [0.717, 1.165) is 48.3 Å². The van der Waals surface area contributed by atoms with Crippen molar-refractivity contribution >= 4 is 22.8 Å². The molecule has 2 fully saturated rings. The van der Waals surface area contributed by atoms with Crippen LogP contribution in [0, 0.1) is 12.8 Å². The molecular weight excluding hydrogens is 512 g/mol. The highest BCUT2D eigenvalue weighted by Crippen LogP contribution is 2.48. The first-order valence-electron chi connectivity index (χ1n) is 14.3. The minimum absolute atomic E-state index is 0.0890. The van der Waals surface area contributed by atoms with Crippen LogP contribution in [0.25, 0.3) is 22.4 Å². The fraction of sp³-hybridized carbons (Fsp3) is 0.303. The molecule has 206 valence electrons. The number of carbonyl (C=O) groups excluding carboxylic acids is 1. The molecule has 1 amide bonds. The minimum atomic E-state index is 0.0890. The Morgan fingerprint density at radius 1 is 0.951 bits per heavy atom. The molecule has 0 bridgehead atoms. The molecule has 1 unspecified atom stereocenters. The number of hydrogen-bond acceptors (Lipinski definition) is 7. The van der Waals surface area contributed by atoms with Gasteiger partial charge in [0.25, 0.3) is 5.71 Å². The molecule has 0 spiro atoms. The van der Waals surface area contributed by atoms with Crippen LogP contribution in [0.4, 0.5) is 5.82 Å². The number of hydrogen-bond donors (Lipinski definition) is 0. The normalized spacial score (nSPS) is 18.9. The summed E-state index contributed by atoms with van der Waals surface area (Å²) >= 11 is 0. The van der Waals surface area contributed by atoms with Crippen LogP contribution in [0.1, 0.15) is 41.3 Å². The van der Waals surface area contributed by atoms with E-state index in [-0.39, 0.29) is 11.8 Å². The van der Waals surface area contributed by atoms with Gasteiger partial charge in [-0.05, 0) is 48.9 Å². The van der Waals surface area contributed by atoms with E-state index in [0.29, 0.717) is 42.7 Å². The standard InChI is InChI=1S/C33H32N6O2/c1-22-10-12-23(13-11-22)19-28-35-31(29-30(37-41-32(29)36-28)25-9-5-14-34-21-25)38-15-6-16-39(18-17-38)33(40)27-20-26(27)24-7-3-2-4-8-24/h2-5,7-14,21,26-27H,6,15-20H2,1H3/t26-,27?/m0/s1. The summed E-state index contributed by atoms with van der Waals surface area (Å²) in [5, 5.41) is 5.20. The van der Waals surface area contributed by atoms with E-state index in [9.17, 15) is 4.79 Å². The van der Waals surface area contributed by atoms with Gasteiger partial charge in [-0.3, -0.25) is 9.78 Å². The Balaban J connectivity index is 1.17. The fourth-order valence-corrected chi connectivity index (χ4v) is 5.90. The number of nitrogens with zero attached hydrogens (tertiary/aromatic N) is 6. The van der Waals surface area contributed by atoms with Gasteiger partial charge in [-0.15, -0.1) is 0 Å². The monoisotopic (exact) mass is 544 g/mol. The lowest BCUT2D eigenvalue weighted by molar-refractivity contribution is -0.132. The van der Waals surface area contributed by atoms with E-state index in [2.05, 4.69) is 75.4 Å². The SMILES string of the molecule is Cc1ccc(Cc2nc(N3CCCN(C(=O)C4C[C@H]4c4ccccc4)CC3)c3c(-c4cccnc4)noc3n2)cc1. The number of anilines is 1. The third kappa shape index (κ3) is 5.17. The molecule has 4 heterocycles. The van der Waals surface area contributed by atoms with E-state index >= 15 is 0 Å². The highest BCUT2D eigenvalue weighted by Gasteiger charge is 2.45. The summed E-state index contributed by atoms with van der Waals surface area (Å²) in [5.41, 5.74) is 5.63. The second-order valence-electron chi connectivity index (χ2n) is 11.1. The molecule has 41 heavy (non-hydrogen) atoms. The Morgan fingerprint density at radius 3 is 2.61 bits per heavy atom. The van der Waals surface area contributed by atoms with Gasteiger partial charge in [0, 0.05) is 56.5 Å². The summed E-state index contributed by atoms with van der Waals surface area (Å²) in [6.45, 7) is 4.95. The lowest BCUT2D eigenvalue weighted by Gasteiger charge is -2.24. The number of aromatic nitrogens is 4. The maximum atomic E-state index is 13.5. The molecule has 5 aromatic rings. The second kappa shape index (κ2) is 10.8. The van der Waals surface area contributed by atoms with Crippen molar-refractivity contribution in [3.63, 3.8) is 0 Å². The summed E-state index contributed by atoms with van der Waals surface area (Å²) in [4.78, 5) is 32.0. The third-order valence-corrected chi connectivity index (χ3v) is 8.22. The van der Waals surface area contributed by atoms with Crippen LogP contribution in [-0.4, -0.2) is 57.1 Å². The molecule has 7 rings (SSSR count). The maximum Gasteiger partial charge on any atom is 0.263 e. The molecule has 1 aliphatic heterocycles. The lowest BCUT2D eigenvalue weighted by Crippen LogP contribution is -2.36. The van der Waals surface area contributed by atoms with Gasteiger partial charge in [-0.2, -0.15) is 4.98 Å². The Labute approximate surface area is 239 Å². The third-order valence-electron chi connectivity index (χ3n) is 8.22. The number of rotatable bonds is 6. The van der Waals surface area contributed by atoms with Gasteiger partial charge in [0.2, 0.25) is 5.91 Å². The highest BCUT2D eigenvalue weighted by atomic mass is 16.5.